The van der Waals surface area contributed by atoms with E-state index in [0.717, 1.165) is 53.7 Å². The number of amidine groups is 2. The Hall–Kier alpha value is -3.80. The molecule has 11 heteroatoms. The molecule has 3 aromatic rings. The van der Waals surface area contributed by atoms with Crippen LogP contribution in [0.3, 0.4) is 0 Å². The summed E-state index contributed by atoms with van der Waals surface area (Å²) >= 11 is 0. The van der Waals surface area contributed by atoms with Crippen molar-refractivity contribution < 1.29 is 17.9 Å². The predicted molar refractivity (Wildman–Crippen MR) is 150 cm³/mol. The lowest BCUT2D eigenvalue weighted by Crippen LogP contribution is -2.40. The van der Waals surface area contributed by atoms with Gasteiger partial charge in [-0.2, -0.15) is 18.1 Å². The minimum absolute atomic E-state index is 0.0709. The number of fused-ring (bicyclic) bond motifs is 1. The molecule has 0 spiro atoms. The Morgan fingerprint density at radius 2 is 1.74 bits per heavy atom. The lowest BCUT2D eigenvalue weighted by Gasteiger charge is -2.32. The monoisotopic (exact) mass is 536 g/mol. The topological polar surface area (TPSA) is 150 Å². The van der Waals surface area contributed by atoms with Crippen molar-refractivity contribution in [3.05, 3.63) is 71.8 Å². The van der Waals surface area contributed by atoms with Crippen molar-refractivity contribution in [2.75, 3.05) is 18.4 Å². The van der Waals surface area contributed by atoms with Crippen molar-refractivity contribution in [3.8, 4) is 5.75 Å². The van der Waals surface area contributed by atoms with Gasteiger partial charge in [0.05, 0.1) is 5.84 Å². The van der Waals surface area contributed by atoms with Crippen LogP contribution in [0.5, 0.6) is 5.75 Å². The molecule has 1 amide bonds. The first kappa shape index (κ1) is 27.2. The van der Waals surface area contributed by atoms with E-state index in [-0.39, 0.29) is 18.6 Å². The van der Waals surface area contributed by atoms with Crippen molar-refractivity contribution in [1.29, 1.82) is 5.41 Å². The highest BCUT2D eigenvalue weighted by Crippen LogP contribution is 2.23. The van der Waals surface area contributed by atoms with Gasteiger partial charge in [-0.05, 0) is 59.7 Å². The van der Waals surface area contributed by atoms with Crippen molar-refractivity contribution >= 4 is 44.2 Å². The van der Waals surface area contributed by atoms with Crippen LogP contribution >= 0.6 is 0 Å². The molecule has 0 bridgehead atoms. The highest BCUT2D eigenvalue weighted by atomic mass is 32.2. The maximum atomic E-state index is 11.9. The Morgan fingerprint density at radius 3 is 2.37 bits per heavy atom. The van der Waals surface area contributed by atoms with Crippen LogP contribution in [0.1, 0.15) is 37.8 Å². The normalized spacial score (nSPS) is 14.9. The van der Waals surface area contributed by atoms with Gasteiger partial charge in [0.25, 0.3) is 10.2 Å². The summed E-state index contributed by atoms with van der Waals surface area (Å²) in [6.07, 6.45) is 1.85. The molecule has 1 saturated heterocycles. The van der Waals surface area contributed by atoms with E-state index in [2.05, 4.69) is 19.9 Å². The number of nitrogens with two attached hydrogens (primary N) is 1. The lowest BCUT2D eigenvalue weighted by atomic mass is 10.0. The molecule has 0 atom stereocenters. The number of hydrogen-bond donors (Lipinski definition) is 4. The molecule has 200 valence electrons. The summed E-state index contributed by atoms with van der Waals surface area (Å²) in [5.74, 6) is 1.41. The van der Waals surface area contributed by atoms with E-state index < -0.39 is 10.2 Å². The average molecular weight is 537 g/mol. The van der Waals surface area contributed by atoms with Crippen LogP contribution < -0.4 is 19.9 Å². The molecule has 0 aliphatic carbocycles. The Labute approximate surface area is 222 Å². The van der Waals surface area contributed by atoms with Crippen LogP contribution in [0.25, 0.3) is 10.8 Å². The van der Waals surface area contributed by atoms with Crippen LogP contribution in [0.2, 0.25) is 0 Å². The second kappa shape index (κ2) is 11.7. The van der Waals surface area contributed by atoms with Crippen LogP contribution in [-0.2, 0) is 21.5 Å². The molecule has 10 nitrogen and oxygen atoms in total. The molecule has 0 radical (unpaired) electrons. The molecule has 4 rings (SSSR count). The number of likely N-dealkylation sites (tertiary alicyclic amines) is 1. The summed E-state index contributed by atoms with van der Waals surface area (Å²) in [7, 11) is -3.80. The fourth-order valence-electron chi connectivity index (χ4n) is 4.31. The van der Waals surface area contributed by atoms with Gasteiger partial charge in [0.15, 0.2) is 0 Å². The van der Waals surface area contributed by atoms with E-state index in [1.54, 1.807) is 6.92 Å². The standard InChI is InChI=1S/C27H32N6O4S/c1-18(28)33-13-11-26(12-14-33)37-25-9-7-24(8-10-25)32-27(31-19(2)34)22-6-5-21-4-3-20(15-23(21)16-22)17-30-38(29,35)36/h3-10,15-16,26,28,30H,11-14,17H2,1-2H3,(H2,29,35,36)(H,31,32,34). The first-order chi connectivity index (χ1) is 18.1. The summed E-state index contributed by atoms with van der Waals surface area (Å²) in [5, 5.41) is 17.9. The Morgan fingerprint density at radius 1 is 1.05 bits per heavy atom. The zero-order valence-electron chi connectivity index (χ0n) is 21.4. The highest BCUT2D eigenvalue weighted by molar-refractivity contribution is 7.87. The smallest absolute Gasteiger partial charge is 0.274 e. The van der Waals surface area contributed by atoms with Crippen LogP contribution in [-0.4, -0.2) is 50.1 Å². The molecule has 0 saturated carbocycles. The zero-order chi connectivity index (χ0) is 27.3. The minimum Gasteiger partial charge on any atom is -0.490 e. The third-order valence-corrected chi connectivity index (χ3v) is 6.81. The molecule has 0 aromatic heterocycles. The first-order valence-corrected chi connectivity index (χ1v) is 13.8. The third-order valence-electron chi connectivity index (χ3n) is 6.26. The molecule has 1 fully saturated rings. The lowest BCUT2D eigenvalue weighted by molar-refractivity contribution is -0.115. The Kier molecular flexibility index (Phi) is 8.40. The fraction of sp³-hybridized carbons (Fsp3) is 0.296. The molecule has 38 heavy (non-hydrogen) atoms. The van der Waals surface area contributed by atoms with Crippen molar-refractivity contribution in [2.24, 2.45) is 10.1 Å². The van der Waals surface area contributed by atoms with Gasteiger partial charge in [-0.1, -0.05) is 24.3 Å². The Balaban J connectivity index is 1.48. The van der Waals surface area contributed by atoms with E-state index >= 15 is 0 Å². The van der Waals surface area contributed by atoms with E-state index in [4.69, 9.17) is 15.3 Å². The number of ether oxygens (including phenoxy) is 1. The summed E-state index contributed by atoms with van der Waals surface area (Å²) in [6, 6.07) is 18.8. The summed E-state index contributed by atoms with van der Waals surface area (Å²) < 4.78 is 30.9. The number of hydrogen-bond acceptors (Lipinski definition) is 5. The van der Waals surface area contributed by atoms with E-state index in [0.29, 0.717) is 17.2 Å². The number of carbonyl (C=O) groups excluding carboxylic acids is 1. The number of aliphatic imine (C=N–C) groups is 1. The van der Waals surface area contributed by atoms with Crippen molar-refractivity contribution in [1.82, 2.24) is 9.62 Å². The maximum absolute atomic E-state index is 11.9. The van der Waals surface area contributed by atoms with Gasteiger partial charge in [-0.25, -0.2) is 5.14 Å². The number of nitrogens with one attached hydrogen (secondary N) is 3. The SMILES string of the molecule is CC(=N)N1CCC(Oc2ccc(NC(=NC(C)=O)c3ccc4ccc(CNS(N)(=O)=O)cc4c3)cc2)CC1. The number of benzene rings is 3. The van der Waals surface area contributed by atoms with Gasteiger partial charge in [-0.15, -0.1) is 0 Å². The summed E-state index contributed by atoms with van der Waals surface area (Å²) in [5.41, 5.74) is 2.20. The van der Waals surface area contributed by atoms with Crippen LogP contribution in [0.4, 0.5) is 5.69 Å². The molecule has 1 aliphatic rings. The number of amides is 1. The van der Waals surface area contributed by atoms with Gasteiger partial charge in [0.2, 0.25) is 5.91 Å². The minimum atomic E-state index is -3.80. The first-order valence-electron chi connectivity index (χ1n) is 12.3. The van der Waals surface area contributed by atoms with E-state index in [1.165, 1.54) is 6.92 Å². The number of rotatable bonds is 7. The van der Waals surface area contributed by atoms with Crippen molar-refractivity contribution in [3.63, 3.8) is 0 Å². The van der Waals surface area contributed by atoms with Gasteiger partial charge < -0.3 is 15.0 Å². The van der Waals surface area contributed by atoms with E-state index in [1.807, 2.05) is 60.7 Å². The second-order valence-corrected chi connectivity index (χ2v) is 10.7. The number of nitrogens with zero attached hydrogens (tertiary/aromatic N) is 2. The third kappa shape index (κ3) is 7.60. The molecular weight excluding hydrogens is 504 g/mol. The van der Waals surface area contributed by atoms with Gasteiger partial charge in [0, 0.05) is 50.7 Å². The molecule has 1 aliphatic heterocycles. The van der Waals surface area contributed by atoms with Gasteiger partial charge in [-0.3, -0.25) is 10.2 Å². The number of piperidine rings is 1. The zero-order valence-corrected chi connectivity index (χ0v) is 22.2. The van der Waals surface area contributed by atoms with Crippen molar-refractivity contribution in [2.45, 2.75) is 39.3 Å². The largest absolute Gasteiger partial charge is 0.490 e. The highest BCUT2D eigenvalue weighted by Gasteiger charge is 2.20. The summed E-state index contributed by atoms with van der Waals surface area (Å²) in [6.45, 7) is 4.91. The van der Waals surface area contributed by atoms with E-state index in [9.17, 15) is 13.2 Å². The molecule has 1 heterocycles. The van der Waals surface area contributed by atoms with Crippen LogP contribution in [0, 0.1) is 5.41 Å². The van der Waals surface area contributed by atoms with Gasteiger partial charge >= 0.3 is 0 Å². The van der Waals surface area contributed by atoms with Crippen LogP contribution in [0.15, 0.2) is 65.7 Å². The average Bonchev–Trinajstić information content (AvgIpc) is 2.87. The molecular formula is C27H32N6O4S. The molecule has 0 unspecified atom stereocenters. The maximum Gasteiger partial charge on any atom is 0.274 e. The molecule has 3 aromatic carbocycles. The second-order valence-electron chi connectivity index (χ2n) is 9.28. The quantitative estimate of drug-likeness (QED) is 0.269. The summed E-state index contributed by atoms with van der Waals surface area (Å²) in [4.78, 5) is 18.2. The number of anilines is 1. The Bertz CT molecular complexity index is 1460. The molecule has 5 N–H and O–H groups in total. The predicted octanol–water partition coefficient (Wildman–Crippen LogP) is 3.38. The van der Waals surface area contributed by atoms with Gasteiger partial charge in [0.1, 0.15) is 17.7 Å². The fourth-order valence-corrected chi connectivity index (χ4v) is 4.68. The number of carbonyl (C=O) groups is 1.